The van der Waals surface area contributed by atoms with E-state index in [1.165, 1.54) is 28.8 Å². The van der Waals surface area contributed by atoms with Gasteiger partial charge in [0.1, 0.15) is 35.4 Å². The van der Waals surface area contributed by atoms with Crippen LogP contribution in [0.25, 0.3) is 10.9 Å². The Labute approximate surface area is 547 Å². The molecule has 2 saturated heterocycles. The molecule has 2 N–H and O–H groups in total. The van der Waals surface area contributed by atoms with Crippen LogP contribution in [0.2, 0.25) is 0 Å². The van der Waals surface area contributed by atoms with Crippen LogP contribution in [0.4, 0.5) is 4.79 Å². The van der Waals surface area contributed by atoms with Crippen LogP contribution in [0.1, 0.15) is 109 Å². The average Bonchev–Trinajstić information content (AvgIpc) is 0.886. The van der Waals surface area contributed by atoms with Crippen molar-refractivity contribution >= 4 is 49.4 Å². The van der Waals surface area contributed by atoms with Gasteiger partial charge in [-0.15, -0.1) is 0 Å². The number of hydrogen-bond donors (Lipinski definition) is 2. The summed E-state index contributed by atoms with van der Waals surface area (Å²) in [5.74, 6) is -2.42. The largest absolute Gasteiger partial charge is 0.497 e. The van der Waals surface area contributed by atoms with Gasteiger partial charge in [0.05, 0.1) is 34.5 Å². The van der Waals surface area contributed by atoms with Gasteiger partial charge in [-0.2, -0.15) is 0 Å². The number of benzene rings is 4. The van der Waals surface area contributed by atoms with E-state index in [1.807, 2.05) is 137 Å². The van der Waals surface area contributed by atoms with Crippen LogP contribution < -0.4 is 20.7 Å². The van der Waals surface area contributed by atoms with Gasteiger partial charge in [0.2, 0.25) is 12.4 Å². The Morgan fingerprint density at radius 1 is 0.638 bits per heavy atom. The molecule has 0 saturated carbocycles. The van der Waals surface area contributed by atoms with Gasteiger partial charge in [-0.25, -0.2) is 19.1 Å². The van der Waals surface area contributed by atoms with Crippen molar-refractivity contribution in [1.29, 1.82) is 0 Å². The molecule has 0 bridgehead atoms. The lowest BCUT2D eigenvalue weighted by Crippen LogP contribution is -2.64. The van der Waals surface area contributed by atoms with E-state index in [9.17, 15) is 33.6 Å². The number of nitrogens with zero attached hydrogens (tertiary/aromatic N) is 3. The molecule has 1 amide bonds. The van der Waals surface area contributed by atoms with E-state index in [4.69, 9.17) is 61.2 Å². The summed E-state index contributed by atoms with van der Waals surface area (Å²) in [7, 11) is 3.79. The molecule has 0 aliphatic carbocycles. The molecule has 0 radical (unpaired) electrons. The minimum absolute atomic E-state index is 0.110. The van der Waals surface area contributed by atoms with E-state index >= 15 is 0 Å². The number of carbonyl (C=O) groups is 5. The van der Waals surface area contributed by atoms with Crippen LogP contribution in [0.15, 0.2) is 131 Å². The molecule has 2 fully saturated rings. The molecule has 508 valence electrons. The maximum absolute atomic E-state index is 14.6. The molecule has 2 aliphatic rings. The van der Waals surface area contributed by atoms with E-state index in [1.54, 1.807) is 14.2 Å². The van der Waals surface area contributed by atoms with Gasteiger partial charge in [-0.05, 0) is 119 Å². The van der Waals surface area contributed by atoms with Crippen molar-refractivity contribution in [1.82, 2.24) is 24.1 Å². The number of carbonyl (C=O) groups excluding carboxylic acids is 5. The first-order chi connectivity index (χ1) is 45.2. The minimum Gasteiger partial charge on any atom is -0.497 e. The zero-order valence-corrected chi connectivity index (χ0v) is 55.8. The second-order valence-corrected chi connectivity index (χ2v) is 24.6. The quantitative estimate of drug-likeness (QED) is 0.0131. The summed E-state index contributed by atoms with van der Waals surface area (Å²) in [6.07, 6.45) is -6.87. The highest BCUT2D eigenvalue weighted by Gasteiger charge is 2.57. The highest BCUT2D eigenvalue weighted by atomic mass is 31.2. The number of amides is 1. The fourth-order valence-corrected chi connectivity index (χ4v) is 13.7. The summed E-state index contributed by atoms with van der Waals surface area (Å²) in [6.45, 7) is 11.8. The van der Waals surface area contributed by atoms with Crippen molar-refractivity contribution < 1.29 is 85.1 Å². The average molecular weight is 1320 g/mol. The summed E-state index contributed by atoms with van der Waals surface area (Å²) in [5.41, 5.74) is 1.83. The van der Waals surface area contributed by atoms with Gasteiger partial charge in [0, 0.05) is 82.4 Å². The molecule has 25 nitrogen and oxygen atoms in total. The lowest BCUT2D eigenvalue weighted by molar-refractivity contribution is -0.289. The number of fused-ring (bicyclic) bond motifs is 1. The number of rotatable bonds is 32. The molecule has 4 heterocycles. The Hall–Kier alpha value is -8.00. The Balaban J connectivity index is 1.05. The summed E-state index contributed by atoms with van der Waals surface area (Å²) in [4.78, 5) is 98.7. The number of H-pyrrole nitrogens is 2. The van der Waals surface area contributed by atoms with Crippen LogP contribution in [0.5, 0.6) is 11.5 Å². The number of aromatic nitrogens is 3. The second kappa shape index (κ2) is 33.9. The molecule has 2 aromatic heterocycles. The summed E-state index contributed by atoms with van der Waals surface area (Å²) < 4.78 is 82.7. The Morgan fingerprint density at radius 3 is 1.81 bits per heavy atom. The molecule has 26 heteroatoms. The molecular formula is C68H86N5O20P. The monoisotopic (exact) mass is 1320 g/mol. The van der Waals surface area contributed by atoms with Crippen molar-refractivity contribution in [2.75, 3.05) is 54.7 Å². The van der Waals surface area contributed by atoms with Crippen LogP contribution in [0, 0.1) is 0 Å². The Morgan fingerprint density at radius 2 is 1.22 bits per heavy atom. The standard InChI is InChI=1S/C68H86N5O20P/c1-42(2)73(43(3)4)94(93-57-55(90-63(60(57)83-10)72-38-35-56(77)70-66(72)79)41-85-68(48-23-14-12-15-24-48,49-27-31-51(81-8)32-28-49)50-29-33-52(82-9)34-30-50)86-39-21-13-19-36-71(37-20-18-22-47-40-69-54-26-17-16-25-53(47)54)67(80)92-65-62(89-46(7)76)59(88-45(6)75)58(87-44(5)74)61(91-65)64(78)84-11/h12,14-17,23-35,38,40,42-43,55,57-63,65,69H,13,18-22,36-37,39,41H2,1-11H3,(H,70,77,79)/t55-,57?,58?,59?,60?,61?,62?,63-,65?,94?/m1/s1. The third-order valence-corrected chi connectivity index (χ3v) is 18.3. The number of esters is 4. The second-order valence-electron chi connectivity index (χ2n) is 23.2. The molecule has 8 rings (SSSR count). The maximum atomic E-state index is 14.6. The first-order valence-electron chi connectivity index (χ1n) is 31.3. The highest BCUT2D eigenvalue weighted by Crippen LogP contribution is 2.51. The number of aromatic amines is 2. The zero-order valence-electron chi connectivity index (χ0n) is 54.9. The number of aryl methyl sites for hydroxylation is 1. The van der Waals surface area contributed by atoms with Crippen LogP contribution >= 0.6 is 8.53 Å². The number of hydrogen-bond acceptors (Lipinski definition) is 21. The smallest absolute Gasteiger partial charge is 0.412 e. The highest BCUT2D eigenvalue weighted by molar-refractivity contribution is 7.44. The molecule has 94 heavy (non-hydrogen) atoms. The number of unbranched alkanes of at least 4 members (excludes halogenated alkanes) is 3. The van der Waals surface area contributed by atoms with Gasteiger partial charge in [-0.3, -0.25) is 28.7 Å². The number of nitrogens with one attached hydrogen (secondary N) is 2. The Bertz CT molecular complexity index is 3510. The topological polar surface area (TPSA) is 282 Å². The number of ether oxygens (including phenoxy) is 11. The van der Waals surface area contributed by atoms with Crippen molar-refractivity contribution in [2.24, 2.45) is 0 Å². The molecule has 10 atom stereocenters. The maximum Gasteiger partial charge on any atom is 0.412 e. The normalized spacial score (nSPS) is 20.8. The van der Waals surface area contributed by atoms with E-state index in [2.05, 4.69) is 14.6 Å². The van der Waals surface area contributed by atoms with E-state index < -0.39 is 111 Å². The number of para-hydroxylation sites is 1. The third-order valence-electron chi connectivity index (χ3n) is 16.2. The molecule has 2 aliphatic heterocycles. The van der Waals surface area contributed by atoms with Crippen molar-refractivity contribution in [3.8, 4) is 11.5 Å². The van der Waals surface area contributed by atoms with Crippen molar-refractivity contribution in [3.05, 3.63) is 165 Å². The number of methoxy groups -OCH3 is 4. The summed E-state index contributed by atoms with van der Waals surface area (Å²) in [5, 5.41) is 1.09. The van der Waals surface area contributed by atoms with Gasteiger partial charge >= 0.3 is 35.7 Å². The molecule has 4 aromatic carbocycles. The molecule has 6 aromatic rings. The lowest BCUT2D eigenvalue weighted by Gasteiger charge is -2.43. The van der Waals surface area contributed by atoms with Gasteiger partial charge in [0.15, 0.2) is 24.5 Å². The van der Waals surface area contributed by atoms with Crippen LogP contribution in [-0.2, 0) is 82.9 Å². The molecule has 8 unspecified atom stereocenters. The first kappa shape index (κ1) is 71.8. The molecule has 0 spiro atoms. The first-order valence-corrected chi connectivity index (χ1v) is 32.5. The fraction of sp³-hybridized carbons (Fsp3) is 0.485. The SMILES string of the molecule is COC(=O)C1OC(OC(=O)N(CCCCCOP(OC2C(OC)[C@H](n3ccc(=O)[nH]c3=O)O[C@@H]2COC(c2ccccc2)(c2ccc(OC)cc2)c2ccc(OC)cc2)N(C(C)C)C(C)C)CCCCc2c[nH]c3ccccc23)C(OC(C)=O)C(OC(C)=O)C1OC(C)=O. The van der Waals surface area contributed by atoms with Crippen LogP contribution in [-0.4, -0.2) is 170 Å². The van der Waals surface area contributed by atoms with Crippen LogP contribution in [0.3, 0.4) is 0 Å². The summed E-state index contributed by atoms with van der Waals surface area (Å²) in [6, 6.07) is 34.0. The van der Waals surface area contributed by atoms with Crippen molar-refractivity contribution in [2.45, 2.75) is 160 Å². The van der Waals surface area contributed by atoms with E-state index in [-0.39, 0.29) is 38.4 Å². The van der Waals surface area contributed by atoms with Gasteiger partial charge in [-0.1, -0.05) is 72.8 Å². The van der Waals surface area contributed by atoms with Crippen molar-refractivity contribution in [3.63, 3.8) is 0 Å². The Kier molecular flexibility index (Phi) is 25.9. The predicted molar refractivity (Wildman–Crippen MR) is 345 cm³/mol. The third kappa shape index (κ3) is 17.7. The minimum atomic E-state index is -1.97. The fourth-order valence-electron chi connectivity index (χ4n) is 11.9. The lowest BCUT2D eigenvalue weighted by atomic mass is 9.80. The zero-order chi connectivity index (χ0) is 67.6. The predicted octanol–water partition coefficient (Wildman–Crippen LogP) is 9.03. The van der Waals surface area contributed by atoms with E-state index in [0.29, 0.717) is 50.0 Å². The van der Waals surface area contributed by atoms with Gasteiger partial charge in [0.25, 0.3) is 14.1 Å². The summed E-state index contributed by atoms with van der Waals surface area (Å²) >= 11 is 0. The van der Waals surface area contributed by atoms with Gasteiger partial charge < -0.3 is 71.0 Å². The molecular weight excluding hydrogens is 1240 g/mol. The van der Waals surface area contributed by atoms with E-state index in [0.717, 1.165) is 61.0 Å².